The molecule has 1 N–H and O–H groups in total. The lowest BCUT2D eigenvalue weighted by molar-refractivity contribution is -0.146. The molecule has 3 rings (SSSR count). The Labute approximate surface area is 202 Å². The van der Waals surface area contributed by atoms with Gasteiger partial charge in [-0.15, -0.1) is 0 Å². The van der Waals surface area contributed by atoms with E-state index in [0.717, 1.165) is 58.3 Å². The van der Waals surface area contributed by atoms with Gasteiger partial charge in [0.15, 0.2) is 0 Å². The molecule has 188 valence electrons. The number of alkyl carbamates (subject to hydrolysis) is 1. The Balaban J connectivity index is 1.46. The highest BCUT2D eigenvalue weighted by Crippen LogP contribution is 2.41. The number of ether oxygens (including phenoxy) is 2. The molecule has 1 aromatic heterocycles. The molecule has 2 fully saturated rings. The SMILES string of the molecule is CCCCOC(=O)N[C@@H](CCC(=O)N1CCC2(CC1)CCN(c1ccncc1)C2)C(=O)OCC. The maximum atomic E-state index is 12.9. The van der Waals surface area contributed by atoms with Crippen molar-refractivity contribution in [3.8, 4) is 0 Å². The third kappa shape index (κ3) is 7.08. The number of rotatable bonds is 10. The Morgan fingerprint density at radius 1 is 1.09 bits per heavy atom. The zero-order valence-corrected chi connectivity index (χ0v) is 20.5. The van der Waals surface area contributed by atoms with E-state index in [0.29, 0.717) is 6.61 Å². The summed E-state index contributed by atoms with van der Waals surface area (Å²) in [5.41, 5.74) is 1.45. The molecule has 1 atom stereocenters. The molecule has 0 saturated carbocycles. The van der Waals surface area contributed by atoms with E-state index in [1.54, 1.807) is 6.92 Å². The summed E-state index contributed by atoms with van der Waals surface area (Å²) in [5.74, 6) is -0.531. The average molecular weight is 475 g/mol. The number of hydrogen-bond acceptors (Lipinski definition) is 7. The fraction of sp³-hybridized carbons (Fsp3) is 0.680. The summed E-state index contributed by atoms with van der Waals surface area (Å²) in [4.78, 5) is 45.6. The lowest BCUT2D eigenvalue weighted by atomic mass is 9.77. The highest BCUT2D eigenvalue weighted by molar-refractivity contribution is 5.83. The summed E-state index contributed by atoms with van der Waals surface area (Å²) >= 11 is 0. The van der Waals surface area contributed by atoms with Crippen LogP contribution < -0.4 is 10.2 Å². The average Bonchev–Trinajstić information content (AvgIpc) is 3.26. The molecule has 2 amide bonds. The van der Waals surface area contributed by atoms with Gasteiger partial charge in [0, 0.05) is 50.7 Å². The zero-order valence-electron chi connectivity index (χ0n) is 20.5. The van der Waals surface area contributed by atoms with Gasteiger partial charge in [-0.05, 0) is 56.6 Å². The quantitative estimate of drug-likeness (QED) is 0.411. The van der Waals surface area contributed by atoms with Crippen LogP contribution in [0.15, 0.2) is 24.5 Å². The van der Waals surface area contributed by atoms with Crippen molar-refractivity contribution in [2.75, 3.05) is 44.3 Å². The van der Waals surface area contributed by atoms with E-state index in [2.05, 4.69) is 15.2 Å². The van der Waals surface area contributed by atoms with Crippen molar-refractivity contribution in [1.29, 1.82) is 0 Å². The van der Waals surface area contributed by atoms with Gasteiger partial charge in [-0.25, -0.2) is 9.59 Å². The van der Waals surface area contributed by atoms with Crippen molar-refractivity contribution in [3.63, 3.8) is 0 Å². The molecule has 0 unspecified atom stereocenters. The minimum absolute atomic E-state index is 0.00860. The summed E-state index contributed by atoms with van der Waals surface area (Å²) in [7, 11) is 0. The molecule has 2 saturated heterocycles. The van der Waals surface area contributed by atoms with E-state index in [9.17, 15) is 14.4 Å². The number of unbranched alkanes of at least 4 members (excludes halogenated alkanes) is 1. The van der Waals surface area contributed by atoms with Crippen LogP contribution in [0, 0.1) is 5.41 Å². The van der Waals surface area contributed by atoms with Crippen LogP contribution in [0.1, 0.15) is 58.8 Å². The number of carbonyl (C=O) groups is 3. The summed E-state index contributed by atoms with van der Waals surface area (Å²) < 4.78 is 10.2. The molecule has 1 aromatic rings. The Kier molecular flexibility index (Phi) is 9.53. The third-order valence-corrected chi connectivity index (χ3v) is 6.88. The van der Waals surface area contributed by atoms with Crippen LogP contribution in [0.5, 0.6) is 0 Å². The lowest BCUT2D eigenvalue weighted by Gasteiger charge is -2.39. The summed E-state index contributed by atoms with van der Waals surface area (Å²) in [5, 5.41) is 2.56. The zero-order chi connectivity index (χ0) is 24.4. The predicted octanol–water partition coefficient (Wildman–Crippen LogP) is 3.14. The number of hydrogen-bond donors (Lipinski definition) is 1. The van der Waals surface area contributed by atoms with Crippen LogP contribution in [-0.2, 0) is 19.1 Å². The van der Waals surface area contributed by atoms with E-state index in [1.165, 1.54) is 5.69 Å². The van der Waals surface area contributed by atoms with E-state index in [1.807, 2.05) is 36.4 Å². The van der Waals surface area contributed by atoms with Gasteiger partial charge >= 0.3 is 12.1 Å². The molecule has 0 aliphatic carbocycles. The van der Waals surface area contributed by atoms with Crippen LogP contribution in [0.4, 0.5) is 10.5 Å². The molecule has 2 aliphatic heterocycles. The van der Waals surface area contributed by atoms with Crippen LogP contribution in [0.25, 0.3) is 0 Å². The number of nitrogens with zero attached hydrogens (tertiary/aromatic N) is 3. The second-order valence-electron chi connectivity index (χ2n) is 9.23. The first kappa shape index (κ1) is 25.8. The topological polar surface area (TPSA) is 101 Å². The molecule has 3 heterocycles. The van der Waals surface area contributed by atoms with Crippen molar-refractivity contribution < 1.29 is 23.9 Å². The molecule has 34 heavy (non-hydrogen) atoms. The maximum Gasteiger partial charge on any atom is 0.407 e. The van der Waals surface area contributed by atoms with Gasteiger partial charge in [-0.1, -0.05) is 13.3 Å². The van der Waals surface area contributed by atoms with Crippen LogP contribution >= 0.6 is 0 Å². The molecule has 2 aliphatic rings. The molecule has 0 bridgehead atoms. The Bertz CT molecular complexity index is 811. The Hall–Kier alpha value is -2.84. The van der Waals surface area contributed by atoms with Crippen molar-refractivity contribution in [2.45, 2.75) is 64.8 Å². The second kappa shape index (κ2) is 12.6. The number of esters is 1. The van der Waals surface area contributed by atoms with Crippen molar-refractivity contribution in [3.05, 3.63) is 24.5 Å². The Morgan fingerprint density at radius 3 is 2.47 bits per heavy atom. The standard InChI is InChI=1S/C25H38N4O5/c1-3-5-18-34-24(32)27-21(23(31)33-4-2)6-7-22(30)28-15-10-25(11-16-28)12-17-29(19-25)20-8-13-26-14-9-20/h8-9,13-14,21H,3-7,10-12,15-19H2,1-2H3,(H,27,32)/t21-/m0/s1. The minimum atomic E-state index is -0.891. The second-order valence-corrected chi connectivity index (χ2v) is 9.23. The molecule has 0 aromatic carbocycles. The van der Waals surface area contributed by atoms with Gasteiger partial charge < -0.3 is 24.6 Å². The van der Waals surface area contributed by atoms with Gasteiger partial charge in [0.2, 0.25) is 5.91 Å². The monoisotopic (exact) mass is 474 g/mol. The molecular weight excluding hydrogens is 436 g/mol. The number of aromatic nitrogens is 1. The summed E-state index contributed by atoms with van der Waals surface area (Å²) in [6.45, 7) is 7.69. The summed E-state index contributed by atoms with van der Waals surface area (Å²) in [6, 6.07) is 3.20. The van der Waals surface area contributed by atoms with Crippen LogP contribution in [0.3, 0.4) is 0 Å². The van der Waals surface area contributed by atoms with E-state index >= 15 is 0 Å². The molecule has 1 spiro atoms. The number of amides is 2. The van der Waals surface area contributed by atoms with Crippen molar-refractivity contribution >= 4 is 23.7 Å². The molecular formula is C25H38N4O5. The van der Waals surface area contributed by atoms with E-state index in [-0.39, 0.29) is 30.8 Å². The van der Waals surface area contributed by atoms with Gasteiger partial charge in [0.05, 0.1) is 13.2 Å². The number of piperidine rings is 1. The first-order valence-electron chi connectivity index (χ1n) is 12.5. The van der Waals surface area contributed by atoms with Crippen molar-refractivity contribution in [2.24, 2.45) is 5.41 Å². The van der Waals surface area contributed by atoms with E-state index in [4.69, 9.17) is 9.47 Å². The number of carbonyl (C=O) groups excluding carboxylic acids is 3. The fourth-order valence-corrected chi connectivity index (χ4v) is 4.76. The van der Waals surface area contributed by atoms with E-state index < -0.39 is 18.1 Å². The smallest absolute Gasteiger partial charge is 0.407 e. The molecule has 0 radical (unpaired) electrons. The third-order valence-electron chi connectivity index (χ3n) is 6.88. The summed E-state index contributed by atoms with van der Waals surface area (Å²) in [6.07, 6.45) is 8.11. The lowest BCUT2D eigenvalue weighted by Crippen LogP contribution is -2.46. The first-order chi connectivity index (χ1) is 16.5. The highest BCUT2D eigenvalue weighted by atomic mass is 16.6. The minimum Gasteiger partial charge on any atom is -0.464 e. The highest BCUT2D eigenvalue weighted by Gasteiger charge is 2.41. The number of pyridine rings is 1. The van der Waals surface area contributed by atoms with Gasteiger partial charge in [-0.3, -0.25) is 9.78 Å². The van der Waals surface area contributed by atoms with Crippen molar-refractivity contribution in [1.82, 2.24) is 15.2 Å². The Morgan fingerprint density at radius 2 is 1.79 bits per heavy atom. The molecule has 9 heteroatoms. The maximum absolute atomic E-state index is 12.9. The van der Waals surface area contributed by atoms with Crippen LogP contribution in [0.2, 0.25) is 0 Å². The largest absolute Gasteiger partial charge is 0.464 e. The normalized spacial score (nSPS) is 17.9. The van der Waals surface area contributed by atoms with Gasteiger partial charge in [-0.2, -0.15) is 0 Å². The number of anilines is 1. The van der Waals surface area contributed by atoms with Crippen LogP contribution in [-0.4, -0.2) is 73.3 Å². The fourth-order valence-electron chi connectivity index (χ4n) is 4.76. The predicted molar refractivity (Wildman–Crippen MR) is 128 cm³/mol. The number of likely N-dealkylation sites (tertiary alicyclic amines) is 1. The molecule has 9 nitrogen and oxygen atoms in total. The first-order valence-corrected chi connectivity index (χ1v) is 12.5. The number of nitrogens with one attached hydrogen (secondary N) is 1. The van der Waals surface area contributed by atoms with Gasteiger partial charge in [0.1, 0.15) is 6.04 Å². The van der Waals surface area contributed by atoms with Gasteiger partial charge in [0.25, 0.3) is 0 Å².